The van der Waals surface area contributed by atoms with Crippen molar-refractivity contribution in [2.75, 3.05) is 5.32 Å². The van der Waals surface area contributed by atoms with E-state index in [1.54, 1.807) is 18.3 Å². The largest absolute Gasteiger partial charge is 0.307 e. The number of rotatable bonds is 2. The summed E-state index contributed by atoms with van der Waals surface area (Å²) in [5.41, 5.74) is 0.226. The lowest BCUT2D eigenvalue weighted by Gasteiger charge is -2.05. The maximum atomic E-state index is 13.2. The summed E-state index contributed by atoms with van der Waals surface area (Å²) in [7, 11) is 0. The van der Waals surface area contributed by atoms with Crippen molar-refractivity contribution in [1.29, 1.82) is 0 Å². The molecule has 0 radical (unpaired) electrons. The highest BCUT2D eigenvalue weighted by Gasteiger charge is 2.09. The van der Waals surface area contributed by atoms with Gasteiger partial charge in [-0.15, -0.1) is 0 Å². The van der Waals surface area contributed by atoms with Crippen molar-refractivity contribution in [3.63, 3.8) is 0 Å². The van der Waals surface area contributed by atoms with Crippen LogP contribution in [-0.4, -0.2) is 10.9 Å². The zero-order valence-corrected chi connectivity index (χ0v) is 12.1. The van der Waals surface area contributed by atoms with Gasteiger partial charge in [-0.1, -0.05) is 31.9 Å². The monoisotopic (exact) mass is 372 g/mol. The lowest BCUT2D eigenvalue weighted by molar-refractivity contribution is 0.102. The topological polar surface area (TPSA) is 42.0 Å². The van der Waals surface area contributed by atoms with Crippen LogP contribution in [0, 0.1) is 5.82 Å². The van der Waals surface area contributed by atoms with Crippen molar-refractivity contribution in [2.24, 2.45) is 0 Å². The minimum Gasteiger partial charge on any atom is -0.307 e. The van der Waals surface area contributed by atoms with E-state index in [4.69, 9.17) is 0 Å². The van der Waals surface area contributed by atoms with Crippen LogP contribution >= 0.6 is 31.9 Å². The van der Waals surface area contributed by atoms with Crippen LogP contribution < -0.4 is 5.32 Å². The average molecular weight is 374 g/mol. The zero-order valence-electron chi connectivity index (χ0n) is 8.95. The van der Waals surface area contributed by atoms with Gasteiger partial charge in [-0.2, -0.15) is 0 Å². The lowest BCUT2D eigenvalue weighted by atomic mass is 10.2. The van der Waals surface area contributed by atoms with Crippen molar-refractivity contribution in [3.05, 3.63) is 56.9 Å². The van der Waals surface area contributed by atoms with Crippen LogP contribution in [0.4, 0.5) is 10.2 Å². The molecule has 92 valence electrons. The molecule has 0 fully saturated rings. The van der Waals surface area contributed by atoms with Crippen molar-refractivity contribution in [3.8, 4) is 0 Å². The number of hydrogen-bond acceptors (Lipinski definition) is 2. The molecule has 1 N–H and O–H groups in total. The number of halogens is 3. The molecule has 3 nitrogen and oxygen atoms in total. The Balaban J connectivity index is 2.22. The second-order valence-corrected chi connectivity index (χ2v) is 5.30. The first kappa shape index (κ1) is 13.2. The Morgan fingerprint density at radius 2 is 1.94 bits per heavy atom. The maximum Gasteiger partial charge on any atom is 0.256 e. The normalized spacial score (nSPS) is 10.2. The van der Waals surface area contributed by atoms with Crippen LogP contribution in [0.1, 0.15) is 10.4 Å². The van der Waals surface area contributed by atoms with E-state index >= 15 is 0 Å². The van der Waals surface area contributed by atoms with Crippen LogP contribution in [0.25, 0.3) is 0 Å². The Morgan fingerprint density at radius 3 is 2.61 bits per heavy atom. The van der Waals surface area contributed by atoms with Gasteiger partial charge >= 0.3 is 0 Å². The maximum absolute atomic E-state index is 13.2. The van der Waals surface area contributed by atoms with E-state index < -0.39 is 11.7 Å². The van der Waals surface area contributed by atoms with E-state index in [1.165, 1.54) is 12.1 Å². The van der Waals surface area contributed by atoms with Crippen molar-refractivity contribution in [1.82, 2.24) is 4.98 Å². The van der Waals surface area contributed by atoms with E-state index in [1.807, 2.05) is 0 Å². The number of amides is 1. The van der Waals surface area contributed by atoms with E-state index in [0.717, 1.165) is 10.5 Å². The summed E-state index contributed by atoms with van der Waals surface area (Å²) in [6, 6.07) is 7.39. The van der Waals surface area contributed by atoms with E-state index in [-0.39, 0.29) is 5.56 Å². The molecule has 0 unspecified atom stereocenters. The van der Waals surface area contributed by atoms with E-state index in [2.05, 4.69) is 42.2 Å². The Bertz CT molecular complexity index is 584. The molecule has 0 bridgehead atoms. The first-order chi connectivity index (χ1) is 8.54. The predicted molar refractivity (Wildman–Crippen MR) is 74.0 cm³/mol. The first-order valence-corrected chi connectivity index (χ1v) is 6.52. The van der Waals surface area contributed by atoms with Crippen LogP contribution in [0.2, 0.25) is 0 Å². The number of anilines is 1. The molecule has 1 aromatic heterocycles. The molecule has 0 aliphatic rings. The van der Waals surface area contributed by atoms with Gasteiger partial charge in [-0.25, -0.2) is 9.37 Å². The summed E-state index contributed by atoms with van der Waals surface area (Å²) in [6.07, 6.45) is 1.56. The van der Waals surface area contributed by atoms with Crippen LogP contribution in [0.5, 0.6) is 0 Å². The molecule has 0 saturated heterocycles. The Kier molecular flexibility index (Phi) is 4.08. The highest BCUT2D eigenvalue weighted by atomic mass is 79.9. The number of nitrogens with one attached hydrogen (secondary N) is 1. The second kappa shape index (κ2) is 5.58. The molecular formula is C12H7Br2FN2O. The third-order valence-electron chi connectivity index (χ3n) is 2.09. The molecule has 1 aromatic carbocycles. The van der Waals surface area contributed by atoms with Gasteiger partial charge in [0.25, 0.3) is 5.91 Å². The molecule has 0 saturated carbocycles. The fourth-order valence-electron chi connectivity index (χ4n) is 1.35. The van der Waals surface area contributed by atoms with Gasteiger partial charge in [0.1, 0.15) is 11.6 Å². The number of carbonyl (C=O) groups excluding carboxylic acids is 1. The quantitative estimate of drug-likeness (QED) is 0.864. The summed E-state index contributed by atoms with van der Waals surface area (Å²) >= 11 is 6.41. The summed E-state index contributed by atoms with van der Waals surface area (Å²) < 4.78 is 14.5. The number of aromatic nitrogens is 1. The predicted octanol–water partition coefficient (Wildman–Crippen LogP) is 4.00. The van der Waals surface area contributed by atoms with Crippen molar-refractivity contribution >= 4 is 43.6 Å². The highest BCUT2D eigenvalue weighted by Crippen LogP contribution is 2.17. The van der Waals surface area contributed by atoms with Crippen LogP contribution in [0.3, 0.4) is 0 Å². The Morgan fingerprint density at radius 1 is 1.17 bits per heavy atom. The summed E-state index contributed by atoms with van der Waals surface area (Å²) in [4.78, 5) is 15.9. The summed E-state index contributed by atoms with van der Waals surface area (Å²) in [5, 5.41) is 2.59. The van der Waals surface area contributed by atoms with Gasteiger partial charge in [-0.3, -0.25) is 4.79 Å². The number of pyridine rings is 1. The molecule has 1 amide bonds. The van der Waals surface area contributed by atoms with Gasteiger partial charge in [0.05, 0.1) is 0 Å². The van der Waals surface area contributed by atoms with Gasteiger partial charge in [-0.05, 0) is 30.3 Å². The minimum absolute atomic E-state index is 0.226. The standard InChI is InChI=1S/C12H7Br2FN2O/c13-8-1-2-16-11(6-8)17-12(18)7-3-9(14)5-10(15)4-7/h1-6H,(H,16,17,18). The molecule has 0 aliphatic heterocycles. The fraction of sp³-hybridized carbons (Fsp3) is 0. The SMILES string of the molecule is O=C(Nc1cc(Br)ccn1)c1cc(F)cc(Br)c1. The third-order valence-corrected chi connectivity index (χ3v) is 3.04. The molecule has 0 aliphatic carbocycles. The number of carbonyl (C=O) groups is 1. The van der Waals surface area contributed by atoms with Crippen LogP contribution in [0.15, 0.2) is 45.5 Å². The first-order valence-electron chi connectivity index (χ1n) is 4.93. The molecule has 0 atom stereocenters. The molecule has 0 spiro atoms. The molecule has 1 heterocycles. The molecule has 2 rings (SSSR count). The van der Waals surface area contributed by atoms with E-state index in [0.29, 0.717) is 10.3 Å². The average Bonchev–Trinajstić information content (AvgIpc) is 2.27. The van der Waals surface area contributed by atoms with Crippen LogP contribution in [-0.2, 0) is 0 Å². The summed E-state index contributed by atoms with van der Waals surface area (Å²) in [5.74, 6) is -0.493. The van der Waals surface area contributed by atoms with Gasteiger partial charge in [0.2, 0.25) is 0 Å². The fourth-order valence-corrected chi connectivity index (χ4v) is 2.15. The van der Waals surface area contributed by atoms with Crippen molar-refractivity contribution in [2.45, 2.75) is 0 Å². The Hall–Kier alpha value is -1.27. The number of benzene rings is 1. The van der Waals surface area contributed by atoms with Gasteiger partial charge in [0, 0.05) is 20.7 Å². The van der Waals surface area contributed by atoms with Crippen molar-refractivity contribution < 1.29 is 9.18 Å². The smallest absolute Gasteiger partial charge is 0.256 e. The lowest BCUT2D eigenvalue weighted by Crippen LogP contribution is -2.13. The van der Waals surface area contributed by atoms with Gasteiger partial charge < -0.3 is 5.32 Å². The second-order valence-electron chi connectivity index (χ2n) is 3.47. The Labute approximate surface area is 120 Å². The molecule has 2 aromatic rings. The molecule has 6 heteroatoms. The molecule has 18 heavy (non-hydrogen) atoms. The number of hydrogen-bond donors (Lipinski definition) is 1. The third kappa shape index (κ3) is 3.36. The molecular weight excluding hydrogens is 367 g/mol. The zero-order chi connectivity index (χ0) is 13.1. The summed E-state index contributed by atoms with van der Waals surface area (Å²) in [6.45, 7) is 0. The van der Waals surface area contributed by atoms with E-state index in [9.17, 15) is 9.18 Å². The van der Waals surface area contributed by atoms with Gasteiger partial charge in [0.15, 0.2) is 0 Å². The minimum atomic E-state index is -0.475. The number of nitrogens with zero attached hydrogens (tertiary/aromatic N) is 1. The highest BCUT2D eigenvalue weighted by molar-refractivity contribution is 9.10.